The van der Waals surface area contributed by atoms with Gasteiger partial charge >= 0.3 is 5.97 Å². The molecule has 0 aromatic heterocycles. The number of thioether (sulfide) groups is 1. The van der Waals surface area contributed by atoms with Gasteiger partial charge in [-0.1, -0.05) is 23.9 Å². The molecular formula is C26H29N3O4S. The number of carbonyl (C=O) groups is 3. The van der Waals surface area contributed by atoms with Crippen molar-refractivity contribution in [1.82, 2.24) is 5.32 Å². The van der Waals surface area contributed by atoms with Crippen molar-refractivity contribution in [3.05, 3.63) is 34.9 Å². The average Bonchev–Trinajstić information content (AvgIpc) is 3.12. The summed E-state index contributed by atoms with van der Waals surface area (Å²) in [4.78, 5) is 40.2. The zero-order valence-electron chi connectivity index (χ0n) is 19.3. The molecule has 0 atom stereocenters. The third-order valence-electron chi connectivity index (χ3n) is 7.84. The second-order valence-electron chi connectivity index (χ2n) is 10.4. The lowest BCUT2D eigenvalue weighted by molar-refractivity contribution is -0.147. The largest absolute Gasteiger partial charge is 0.456 e. The zero-order chi connectivity index (χ0) is 23.9. The molecule has 1 N–H and O–H groups in total. The number of hydrogen-bond acceptors (Lipinski definition) is 7. The van der Waals surface area contributed by atoms with Crippen molar-refractivity contribution in [2.75, 3.05) is 25.1 Å². The number of hydrogen-bond donors (Lipinski definition) is 1. The van der Waals surface area contributed by atoms with E-state index < -0.39 is 18.4 Å². The fourth-order valence-electron chi connectivity index (χ4n) is 6.90. The SMILES string of the molecule is CN1C(=C(C#N)C(=O)COC(=O)CNC(=O)CC23CC4CC(CC(C4)C2)C3)Sc2ccccc21. The number of nitrogens with zero attached hydrogens (tertiary/aromatic N) is 2. The highest BCUT2D eigenvalue weighted by molar-refractivity contribution is 8.03. The van der Waals surface area contributed by atoms with Crippen molar-refractivity contribution in [2.45, 2.75) is 49.8 Å². The van der Waals surface area contributed by atoms with E-state index in [1.54, 1.807) is 11.9 Å². The summed E-state index contributed by atoms with van der Waals surface area (Å²) in [5, 5.41) is 12.8. The van der Waals surface area contributed by atoms with Crippen LogP contribution in [0.1, 0.15) is 44.9 Å². The predicted octanol–water partition coefficient (Wildman–Crippen LogP) is 3.80. The van der Waals surface area contributed by atoms with Gasteiger partial charge in [0.1, 0.15) is 23.2 Å². The van der Waals surface area contributed by atoms with Gasteiger partial charge in [-0.05, 0) is 73.8 Å². The number of nitriles is 1. The number of nitrogens with one attached hydrogen (secondary N) is 1. The molecule has 0 saturated heterocycles. The van der Waals surface area contributed by atoms with Crippen LogP contribution in [0.2, 0.25) is 0 Å². The summed E-state index contributed by atoms with van der Waals surface area (Å²) in [6.07, 6.45) is 7.83. The smallest absolute Gasteiger partial charge is 0.325 e. The minimum atomic E-state index is -0.676. The summed E-state index contributed by atoms with van der Waals surface area (Å²) < 4.78 is 5.09. The molecule has 1 aromatic rings. The third-order valence-corrected chi connectivity index (χ3v) is 9.07. The number of esters is 1. The summed E-state index contributed by atoms with van der Waals surface area (Å²) in [7, 11) is 1.80. The lowest BCUT2D eigenvalue weighted by Crippen LogP contribution is -2.48. The van der Waals surface area contributed by atoms with Crippen LogP contribution in [0.5, 0.6) is 0 Å². The van der Waals surface area contributed by atoms with E-state index in [4.69, 9.17) is 4.74 Å². The topological polar surface area (TPSA) is 99.5 Å². The number of para-hydroxylation sites is 1. The first-order valence-corrected chi connectivity index (χ1v) is 12.8. The number of benzene rings is 1. The van der Waals surface area contributed by atoms with E-state index in [1.807, 2.05) is 30.3 Å². The first-order chi connectivity index (χ1) is 16.4. The highest BCUT2D eigenvalue weighted by Crippen LogP contribution is 2.61. The summed E-state index contributed by atoms with van der Waals surface area (Å²) in [6.45, 7) is -0.794. The van der Waals surface area contributed by atoms with Gasteiger partial charge in [-0.15, -0.1) is 0 Å². The molecule has 0 unspecified atom stereocenters. The van der Waals surface area contributed by atoms with Crippen molar-refractivity contribution >= 4 is 35.1 Å². The molecule has 5 aliphatic rings. The van der Waals surface area contributed by atoms with Gasteiger partial charge < -0.3 is 15.0 Å². The van der Waals surface area contributed by atoms with Gasteiger partial charge in [-0.2, -0.15) is 5.26 Å². The molecule has 1 aromatic carbocycles. The van der Waals surface area contributed by atoms with Gasteiger partial charge in [0, 0.05) is 18.4 Å². The Morgan fingerprint density at radius 3 is 2.41 bits per heavy atom. The molecule has 1 amide bonds. The van der Waals surface area contributed by atoms with E-state index in [2.05, 4.69) is 5.32 Å². The van der Waals surface area contributed by atoms with Gasteiger partial charge in [-0.3, -0.25) is 14.4 Å². The minimum absolute atomic E-state index is 0.0395. The van der Waals surface area contributed by atoms with E-state index in [-0.39, 0.29) is 23.4 Å². The van der Waals surface area contributed by atoms with Crippen LogP contribution in [0.25, 0.3) is 0 Å². The Morgan fingerprint density at radius 1 is 1.15 bits per heavy atom. The van der Waals surface area contributed by atoms with E-state index in [0.29, 0.717) is 11.4 Å². The highest BCUT2D eigenvalue weighted by atomic mass is 32.2. The molecule has 4 aliphatic carbocycles. The number of amides is 1. The van der Waals surface area contributed by atoms with Crippen molar-refractivity contribution in [3.63, 3.8) is 0 Å². The number of rotatable bonds is 7. The summed E-state index contributed by atoms with van der Waals surface area (Å²) in [6, 6.07) is 9.60. The fraction of sp³-hybridized carbons (Fsp3) is 0.538. The molecule has 6 rings (SSSR count). The van der Waals surface area contributed by atoms with Crippen LogP contribution in [0.15, 0.2) is 39.8 Å². The number of Topliss-reactive ketones (excluding diaryl/α,β-unsaturated/α-hetero) is 1. The Morgan fingerprint density at radius 2 is 1.79 bits per heavy atom. The van der Waals surface area contributed by atoms with Crippen molar-refractivity contribution < 1.29 is 19.1 Å². The van der Waals surface area contributed by atoms with Crippen LogP contribution >= 0.6 is 11.8 Å². The Bertz CT molecular complexity index is 1070. The fourth-order valence-corrected chi connectivity index (χ4v) is 8.06. The second-order valence-corrected chi connectivity index (χ2v) is 11.4. The summed E-state index contributed by atoms with van der Waals surface area (Å²) in [5.74, 6) is 0.949. The van der Waals surface area contributed by atoms with Crippen molar-refractivity contribution in [1.29, 1.82) is 5.26 Å². The monoisotopic (exact) mass is 479 g/mol. The second kappa shape index (κ2) is 9.10. The Labute approximate surface area is 203 Å². The molecule has 1 aliphatic heterocycles. The maximum Gasteiger partial charge on any atom is 0.325 e. The number of fused-ring (bicyclic) bond motifs is 1. The van der Waals surface area contributed by atoms with Crippen LogP contribution in [-0.4, -0.2) is 37.9 Å². The van der Waals surface area contributed by atoms with Gasteiger partial charge in [-0.25, -0.2) is 0 Å². The maximum absolute atomic E-state index is 12.6. The van der Waals surface area contributed by atoms with Crippen LogP contribution in [0.4, 0.5) is 5.69 Å². The molecule has 0 radical (unpaired) electrons. The molecule has 34 heavy (non-hydrogen) atoms. The molecule has 4 bridgehead atoms. The molecule has 8 heteroatoms. The number of ketones is 1. The summed E-state index contributed by atoms with van der Waals surface area (Å²) >= 11 is 1.34. The Kier molecular flexibility index (Phi) is 6.15. The van der Waals surface area contributed by atoms with E-state index in [1.165, 1.54) is 31.0 Å². The van der Waals surface area contributed by atoms with Crippen LogP contribution in [-0.2, 0) is 19.1 Å². The third kappa shape index (κ3) is 4.46. The lowest BCUT2D eigenvalue weighted by Gasteiger charge is -2.56. The summed E-state index contributed by atoms with van der Waals surface area (Å²) in [5.41, 5.74) is 0.985. The first kappa shape index (κ1) is 23.0. The molecule has 178 valence electrons. The van der Waals surface area contributed by atoms with E-state index in [9.17, 15) is 19.6 Å². The van der Waals surface area contributed by atoms with E-state index in [0.717, 1.165) is 47.6 Å². The van der Waals surface area contributed by atoms with Crippen LogP contribution in [0.3, 0.4) is 0 Å². The molecule has 4 saturated carbocycles. The minimum Gasteiger partial charge on any atom is -0.456 e. The standard InChI is InChI=1S/C26H29N3O4S/c1-29-20-4-2-3-5-22(20)34-25(29)19(13-27)21(30)15-33-24(32)14-28-23(31)12-26-9-16-6-17(10-26)8-18(7-16)11-26/h2-5,16-18H,6-12,14-15H2,1H3,(H,28,31). The van der Waals surface area contributed by atoms with Crippen LogP contribution < -0.4 is 10.2 Å². The van der Waals surface area contributed by atoms with E-state index >= 15 is 0 Å². The number of anilines is 1. The predicted molar refractivity (Wildman–Crippen MR) is 128 cm³/mol. The molecule has 4 fully saturated rings. The van der Waals surface area contributed by atoms with Gasteiger partial charge in [0.2, 0.25) is 11.7 Å². The van der Waals surface area contributed by atoms with Gasteiger partial charge in [0.25, 0.3) is 0 Å². The Balaban J connectivity index is 1.11. The van der Waals surface area contributed by atoms with Crippen molar-refractivity contribution in [3.8, 4) is 6.07 Å². The number of ether oxygens (including phenoxy) is 1. The molecular weight excluding hydrogens is 450 g/mol. The number of carbonyl (C=O) groups excluding carboxylic acids is 3. The first-order valence-electron chi connectivity index (χ1n) is 12.0. The lowest BCUT2D eigenvalue weighted by atomic mass is 9.49. The van der Waals surface area contributed by atoms with Crippen LogP contribution in [0, 0.1) is 34.5 Å². The average molecular weight is 480 g/mol. The molecule has 7 nitrogen and oxygen atoms in total. The quantitative estimate of drug-likeness (QED) is 0.361. The van der Waals surface area contributed by atoms with Gasteiger partial charge in [0.05, 0.1) is 5.69 Å². The normalized spacial score (nSPS) is 29.9. The molecule has 0 spiro atoms. The highest BCUT2D eigenvalue weighted by Gasteiger charge is 2.51. The zero-order valence-corrected chi connectivity index (χ0v) is 20.2. The van der Waals surface area contributed by atoms with Gasteiger partial charge in [0.15, 0.2) is 6.61 Å². The maximum atomic E-state index is 12.6. The van der Waals surface area contributed by atoms with Crippen molar-refractivity contribution in [2.24, 2.45) is 23.2 Å². The molecule has 1 heterocycles. The Hall–Kier alpha value is -2.79.